The van der Waals surface area contributed by atoms with Gasteiger partial charge in [0.15, 0.2) is 17.5 Å². The summed E-state index contributed by atoms with van der Waals surface area (Å²) < 4.78 is 16.6. The van der Waals surface area contributed by atoms with E-state index in [-0.39, 0.29) is 0 Å². The van der Waals surface area contributed by atoms with Crippen LogP contribution in [-0.4, -0.2) is 52.5 Å². The molecule has 2 N–H and O–H groups in total. The second kappa shape index (κ2) is 12.2. The quantitative estimate of drug-likeness (QED) is 0.374. The fraction of sp³-hybridized carbons (Fsp3) is 0.571. The minimum Gasteiger partial charge on any atom is -0.490 e. The first-order valence-electron chi connectivity index (χ1n) is 9.85. The number of aliphatic imine (C=N–C) groups is 1. The maximum absolute atomic E-state index is 5.69. The van der Waals surface area contributed by atoms with E-state index in [0.29, 0.717) is 13.2 Å². The van der Waals surface area contributed by atoms with E-state index < -0.39 is 0 Å². The van der Waals surface area contributed by atoms with Crippen LogP contribution in [0, 0.1) is 0 Å². The molecule has 1 aliphatic heterocycles. The summed E-state index contributed by atoms with van der Waals surface area (Å²) in [7, 11) is 1.80. The van der Waals surface area contributed by atoms with Crippen molar-refractivity contribution in [2.75, 3.05) is 46.6 Å². The topological polar surface area (TPSA) is 64.1 Å². The molecular weight excluding hydrogens is 342 g/mol. The van der Waals surface area contributed by atoms with Crippen molar-refractivity contribution in [2.24, 2.45) is 4.99 Å². The van der Waals surface area contributed by atoms with Gasteiger partial charge >= 0.3 is 0 Å². The Bertz CT molecular complexity index is 629. The Hall–Kier alpha value is -2.21. The Morgan fingerprint density at radius 1 is 1.07 bits per heavy atom. The van der Waals surface area contributed by atoms with Crippen LogP contribution in [-0.2, 0) is 11.2 Å². The lowest BCUT2D eigenvalue weighted by molar-refractivity contribution is 0.153. The number of hydrogen-bond acceptors (Lipinski definition) is 4. The molecule has 1 aromatic rings. The minimum atomic E-state index is 0.626. The lowest BCUT2D eigenvalue weighted by Gasteiger charge is -2.16. The molecule has 0 fully saturated rings. The second-order valence-corrected chi connectivity index (χ2v) is 6.26. The predicted octanol–water partition coefficient (Wildman–Crippen LogP) is 2.93. The van der Waals surface area contributed by atoms with E-state index in [1.165, 1.54) is 11.1 Å². The first kappa shape index (κ1) is 21.1. The van der Waals surface area contributed by atoms with Crippen molar-refractivity contribution in [2.45, 2.75) is 33.1 Å². The second-order valence-electron chi connectivity index (χ2n) is 6.26. The van der Waals surface area contributed by atoms with Crippen LogP contribution in [0.25, 0.3) is 0 Å². The predicted molar refractivity (Wildman–Crippen MR) is 110 cm³/mol. The van der Waals surface area contributed by atoms with Crippen LogP contribution in [0.15, 0.2) is 34.8 Å². The Kier molecular flexibility index (Phi) is 9.55. The SMILES string of the molecule is CCOc1ccc(CCNC(=NC)NCCC2=CCOCC2)cc1OCC. The number of nitrogens with zero attached hydrogens (tertiary/aromatic N) is 1. The molecule has 6 nitrogen and oxygen atoms in total. The Balaban J connectivity index is 1.76. The maximum Gasteiger partial charge on any atom is 0.190 e. The van der Waals surface area contributed by atoms with Gasteiger partial charge in [-0.3, -0.25) is 4.99 Å². The molecule has 0 aliphatic carbocycles. The van der Waals surface area contributed by atoms with E-state index >= 15 is 0 Å². The Morgan fingerprint density at radius 2 is 1.81 bits per heavy atom. The van der Waals surface area contributed by atoms with Gasteiger partial charge in [0.1, 0.15) is 0 Å². The van der Waals surface area contributed by atoms with Gasteiger partial charge in [0, 0.05) is 20.1 Å². The molecule has 1 heterocycles. The molecule has 0 amide bonds. The van der Waals surface area contributed by atoms with Gasteiger partial charge in [-0.05, 0) is 50.8 Å². The molecule has 0 unspecified atom stereocenters. The zero-order valence-corrected chi connectivity index (χ0v) is 16.8. The van der Waals surface area contributed by atoms with Crippen molar-refractivity contribution < 1.29 is 14.2 Å². The van der Waals surface area contributed by atoms with Crippen molar-refractivity contribution in [3.05, 3.63) is 35.4 Å². The molecule has 0 bridgehead atoms. The van der Waals surface area contributed by atoms with E-state index in [1.807, 2.05) is 19.9 Å². The smallest absolute Gasteiger partial charge is 0.190 e. The first-order chi connectivity index (χ1) is 13.3. The van der Waals surface area contributed by atoms with Crippen molar-refractivity contribution in [1.82, 2.24) is 10.6 Å². The van der Waals surface area contributed by atoms with Crippen LogP contribution in [0.2, 0.25) is 0 Å². The maximum atomic E-state index is 5.69. The van der Waals surface area contributed by atoms with Crippen LogP contribution in [0.5, 0.6) is 11.5 Å². The summed E-state index contributed by atoms with van der Waals surface area (Å²) in [6.07, 6.45) is 5.13. The van der Waals surface area contributed by atoms with Gasteiger partial charge < -0.3 is 24.8 Å². The molecule has 0 atom stereocenters. The highest BCUT2D eigenvalue weighted by Gasteiger charge is 2.07. The van der Waals surface area contributed by atoms with Gasteiger partial charge in [-0.25, -0.2) is 0 Å². The van der Waals surface area contributed by atoms with Crippen LogP contribution >= 0.6 is 0 Å². The zero-order valence-electron chi connectivity index (χ0n) is 16.8. The van der Waals surface area contributed by atoms with Crippen molar-refractivity contribution >= 4 is 5.96 Å². The summed E-state index contributed by atoms with van der Waals surface area (Å²) >= 11 is 0. The molecule has 0 radical (unpaired) electrons. The average Bonchev–Trinajstić information content (AvgIpc) is 2.70. The normalized spacial score (nSPS) is 14.5. The van der Waals surface area contributed by atoms with Crippen LogP contribution < -0.4 is 20.1 Å². The van der Waals surface area contributed by atoms with E-state index in [0.717, 1.165) is 63.0 Å². The van der Waals surface area contributed by atoms with Gasteiger partial charge in [0.05, 0.1) is 26.4 Å². The average molecular weight is 376 g/mol. The van der Waals surface area contributed by atoms with Gasteiger partial charge in [-0.2, -0.15) is 0 Å². The number of rotatable bonds is 10. The fourth-order valence-corrected chi connectivity index (χ4v) is 2.93. The monoisotopic (exact) mass is 375 g/mol. The lowest BCUT2D eigenvalue weighted by atomic mass is 10.1. The number of nitrogens with one attached hydrogen (secondary N) is 2. The van der Waals surface area contributed by atoms with Gasteiger partial charge in [-0.1, -0.05) is 17.7 Å². The number of ether oxygens (including phenoxy) is 3. The number of benzene rings is 1. The summed E-state index contributed by atoms with van der Waals surface area (Å²) in [5.41, 5.74) is 2.67. The largest absolute Gasteiger partial charge is 0.490 e. The van der Waals surface area contributed by atoms with Gasteiger partial charge in [-0.15, -0.1) is 0 Å². The first-order valence-corrected chi connectivity index (χ1v) is 9.85. The summed E-state index contributed by atoms with van der Waals surface area (Å²) in [4.78, 5) is 4.29. The standard InChI is InChI=1S/C21H33N3O3/c1-4-26-19-7-6-18(16-20(19)27-5-2)9-13-24-21(22-3)23-12-8-17-10-14-25-15-11-17/h6-7,10,16H,4-5,8-9,11-15H2,1-3H3,(H2,22,23,24). The Morgan fingerprint density at radius 3 is 2.48 bits per heavy atom. The number of guanidine groups is 1. The fourth-order valence-electron chi connectivity index (χ4n) is 2.93. The molecule has 2 rings (SSSR count). The molecule has 0 saturated carbocycles. The van der Waals surface area contributed by atoms with Gasteiger partial charge in [0.2, 0.25) is 0 Å². The third-order valence-corrected chi connectivity index (χ3v) is 4.33. The van der Waals surface area contributed by atoms with Crippen molar-refractivity contribution in [3.63, 3.8) is 0 Å². The summed E-state index contributed by atoms with van der Waals surface area (Å²) in [5, 5.41) is 6.74. The molecular formula is C21H33N3O3. The van der Waals surface area contributed by atoms with Crippen molar-refractivity contribution in [3.8, 4) is 11.5 Å². The minimum absolute atomic E-state index is 0.626. The lowest BCUT2D eigenvalue weighted by Crippen LogP contribution is -2.38. The highest BCUT2D eigenvalue weighted by molar-refractivity contribution is 5.79. The molecule has 150 valence electrons. The molecule has 0 saturated heterocycles. The highest BCUT2D eigenvalue weighted by Crippen LogP contribution is 2.28. The Labute approximate surface area is 163 Å². The van der Waals surface area contributed by atoms with E-state index in [1.54, 1.807) is 7.05 Å². The molecule has 1 aromatic carbocycles. The zero-order chi connectivity index (χ0) is 19.3. The van der Waals surface area contributed by atoms with E-state index in [9.17, 15) is 0 Å². The van der Waals surface area contributed by atoms with E-state index in [2.05, 4.69) is 33.8 Å². The highest BCUT2D eigenvalue weighted by atomic mass is 16.5. The molecule has 0 spiro atoms. The third-order valence-electron chi connectivity index (χ3n) is 4.33. The third kappa shape index (κ3) is 7.51. The van der Waals surface area contributed by atoms with Crippen molar-refractivity contribution in [1.29, 1.82) is 0 Å². The summed E-state index contributed by atoms with van der Waals surface area (Å²) in [5.74, 6) is 2.44. The molecule has 27 heavy (non-hydrogen) atoms. The molecule has 6 heteroatoms. The van der Waals surface area contributed by atoms with Crippen LogP contribution in [0.1, 0.15) is 32.3 Å². The summed E-state index contributed by atoms with van der Waals surface area (Å²) in [6, 6.07) is 6.13. The van der Waals surface area contributed by atoms with Crippen LogP contribution in [0.3, 0.4) is 0 Å². The number of hydrogen-bond donors (Lipinski definition) is 2. The summed E-state index contributed by atoms with van der Waals surface area (Å²) in [6.45, 7) is 8.48. The van der Waals surface area contributed by atoms with Gasteiger partial charge in [0.25, 0.3) is 0 Å². The van der Waals surface area contributed by atoms with E-state index in [4.69, 9.17) is 14.2 Å². The van der Waals surface area contributed by atoms with Crippen LogP contribution in [0.4, 0.5) is 0 Å². The molecule has 1 aliphatic rings. The molecule has 0 aromatic heterocycles.